The molecule has 0 saturated carbocycles. The molecule has 2 heterocycles. The average Bonchev–Trinajstić information content (AvgIpc) is 3.22. The van der Waals surface area contributed by atoms with Crippen molar-refractivity contribution < 1.29 is 9.90 Å². The minimum Gasteiger partial charge on any atom is -0.493 e. The number of thioether (sulfide) groups is 1. The lowest BCUT2D eigenvalue weighted by molar-refractivity contribution is -0.115. The van der Waals surface area contributed by atoms with Gasteiger partial charge in [-0.3, -0.25) is 4.79 Å². The van der Waals surface area contributed by atoms with Crippen molar-refractivity contribution in [2.45, 2.75) is 12.1 Å². The SMILES string of the molecule is O=C(CSC1=NC(c2ccccc2)C(c2ccccc2)N=N1)N=Nc1c(O)[nH]c2ccccc12. The van der Waals surface area contributed by atoms with E-state index in [1.165, 1.54) is 0 Å². The van der Waals surface area contributed by atoms with E-state index in [9.17, 15) is 9.90 Å². The van der Waals surface area contributed by atoms with Gasteiger partial charge in [0.1, 0.15) is 12.1 Å². The van der Waals surface area contributed by atoms with Gasteiger partial charge in [0.05, 0.1) is 11.3 Å². The first-order chi connectivity index (χ1) is 16.7. The van der Waals surface area contributed by atoms with Crippen molar-refractivity contribution in [1.82, 2.24) is 4.98 Å². The van der Waals surface area contributed by atoms with E-state index in [0.29, 0.717) is 16.1 Å². The second-order valence-electron chi connectivity index (χ2n) is 7.59. The molecular formula is C25H20N6O2S. The number of carbonyl (C=O) groups is 1. The van der Waals surface area contributed by atoms with Gasteiger partial charge in [-0.05, 0) is 17.2 Å². The highest BCUT2D eigenvalue weighted by atomic mass is 32.2. The summed E-state index contributed by atoms with van der Waals surface area (Å²) >= 11 is 1.16. The molecule has 0 saturated heterocycles. The number of hydrogen-bond donors (Lipinski definition) is 2. The lowest BCUT2D eigenvalue weighted by atomic mass is 9.94. The monoisotopic (exact) mass is 468 g/mol. The number of amidine groups is 1. The Kier molecular flexibility index (Phi) is 6.26. The van der Waals surface area contributed by atoms with Gasteiger partial charge in [-0.25, -0.2) is 4.99 Å². The molecule has 0 spiro atoms. The van der Waals surface area contributed by atoms with Gasteiger partial charge in [-0.2, -0.15) is 5.11 Å². The van der Waals surface area contributed by atoms with E-state index >= 15 is 0 Å². The molecule has 0 aliphatic carbocycles. The molecule has 8 nitrogen and oxygen atoms in total. The summed E-state index contributed by atoms with van der Waals surface area (Å²) in [5.41, 5.74) is 3.00. The topological polar surface area (TPSA) is 115 Å². The van der Waals surface area contributed by atoms with Crippen LogP contribution in [-0.4, -0.2) is 26.9 Å². The van der Waals surface area contributed by atoms with Gasteiger partial charge in [-0.1, -0.05) is 90.6 Å². The molecule has 1 aliphatic rings. The van der Waals surface area contributed by atoms with Gasteiger partial charge < -0.3 is 10.1 Å². The summed E-state index contributed by atoms with van der Waals surface area (Å²) in [4.78, 5) is 20.0. The van der Waals surface area contributed by atoms with E-state index in [1.807, 2.05) is 78.9 Å². The Labute approximate surface area is 199 Å². The molecule has 0 radical (unpaired) electrons. The molecule has 4 aromatic rings. The number of rotatable bonds is 5. The van der Waals surface area contributed by atoms with Crippen LogP contribution in [0, 0.1) is 0 Å². The maximum Gasteiger partial charge on any atom is 0.275 e. The van der Waals surface area contributed by atoms with Crippen LogP contribution in [0.15, 0.2) is 110 Å². The zero-order valence-corrected chi connectivity index (χ0v) is 18.8. The first kappa shape index (κ1) is 21.7. The van der Waals surface area contributed by atoms with E-state index < -0.39 is 5.91 Å². The highest BCUT2D eigenvalue weighted by Crippen LogP contribution is 2.39. The van der Waals surface area contributed by atoms with Crippen LogP contribution in [0.25, 0.3) is 10.9 Å². The first-order valence-corrected chi connectivity index (χ1v) is 11.6. The number of hydrogen-bond acceptors (Lipinski definition) is 7. The fourth-order valence-electron chi connectivity index (χ4n) is 3.74. The number of H-pyrrole nitrogens is 1. The van der Waals surface area contributed by atoms with Crippen LogP contribution in [0.4, 0.5) is 5.69 Å². The van der Waals surface area contributed by atoms with Crippen LogP contribution in [0.1, 0.15) is 23.2 Å². The number of aromatic amines is 1. The molecular weight excluding hydrogens is 448 g/mol. The highest BCUT2D eigenvalue weighted by Gasteiger charge is 2.28. The second-order valence-corrected chi connectivity index (χ2v) is 8.53. The van der Waals surface area contributed by atoms with Crippen LogP contribution in [0.3, 0.4) is 0 Å². The molecule has 0 fully saturated rings. The number of carbonyl (C=O) groups excluding carboxylic acids is 1. The number of aromatic hydroxyl groups is 1. The van der Waals surface area contributed by atoms with E-state index in [0.717, 1.165) is 22.9 Å². The smallest absolute Gasteiger partial charge is 0.275 e. The molecule has 2 atom stereocenters. The summed E-state index contributed by atoms with van der Waals surface area (Å²) in [5, 5.41) is 27.7. The fourth-order valence-corrected chi connectivity index (χ4v) is 4.34. The summed E-state index contributed by atoms with van der Waals surface area (Å²) in [6.45, 7) is 0. The van der Waals surface area contributed by atoms with Crippen LogP contribution in [0.2, 0.25) is 0 Å². The van der Waals surface area contributed by atoms with Crippen molar-refractivity contribution in [3.8, 4) is 5.88 Å². The summed E-state index contributed by atoms with van der Waals surface area (Å²) in [6, 6.07) is 26.6. The number of aliphatic imine (C=N–C) groups is 1. The van der Waals surface area contributed by atoms with Crippen molar-refractivity contribution in [3.05, 3.63) is 96.1 Å². The molecule has 3 aromatic carbocycles. The lowest BCUT2D eigenvalue weighted by Gasteiger charge is -2.24. The summed E-state index contributed by atoms with van der Waals surface area (Å²) in [7, 11) is 0. The normalized spacial score (nSPS) is 17.8. The van der Waals surface area contributed by atoms with Crippen LogP contribution in [-0.2, 0) is 4.79 Å². The van der Waals surface area contributed by atoms with Crippen molar-refractivity contribution in [2.75, 3.05) is 5.75 Å². The zero-order chi connectivity index (χ0) is 23.3. The molecule has 1 aromatic heterocycles. The van der Waals surface area contributed by atoms with Crippen LogP contribution < -0.4 is 0 Å². The quantitative estimate of drug-likeness (QED) is 0.325. The van der Waals surface area contributed by atoms with Gasteiger partial charge in [0.15, 0.2) is 5.69 Å². The van der Waals surface area contributed by atoms with Gasteiger partial charge in [0, 0.05) is 5.39 Å². The summed E-state index contributed by atoms with van der Waals surface area (Å²) < 4.78 is 0. The second kappa shape index (κ2) is 9.80. The van der Waals surface area contributed by atoms with Crippen molar-refractivity contribution in [2.24, 2.45) is 25.4 Å². The third kappa shape index (κ3) is 4.65. The molecule has 5 rings (SSSR count). The Hall–Kier alpha value is -4.11. The number of benzene rings is 3. The molecule has 1 amide bonds. The third-order valence-electron chi connectivity index (χ3n) is 5.34. The minimum absolute atomic E-state index is 0.00197. The predicted octanol–water partition coefficient (Wildman–Crippen LogP) is 6.52. The third-order valence-corrected chi connectivity index (χ3v) is 6.18. The van der Waals surface area contributed by atoms with Gasteiger partial charge >= 0.3 is 0 Å². The number of nitrogens with zero attached hydrogens (tertiary/aromatic N) is 5. The number of para-hydroxylation sites is 1. The lowest BCUT2D eigenvalue weighted by Crippen LogP contribution is -2.13. The zero-order valence-electron chi connectivity index (χ0n) is 17.9. The Morgan fingerprint density at radius 2 is 1.56 bits per heavy atom. The summed E-state index contributed by atoms with van der Waals surface area (Å²) in [6.07, 6.45) is 0. The Morgan fingerprint density at radius 1 is 0.912 bits per heavy atom. The molecule has 2 N–H and O–H groups in total. The number of amides is 1. The van der Waals surface area contributed by atoms with Crippen LogP contribution >= 0.6 is 11.8 Å². The van der Waals surface area contributed by atoms with Gasteiger partial charge in [0.25, 0.3) is 5.91 Å². The van der Waals surface area contributed by atoms with E-state index in [2.05, 4.69) is 25.4 Å². The molecule has 1 aliphatic heterocycles. The fraction of sp³-hybridized carbons (Fsp3) is 0.120. The first-order valence-electron chi connectivity index (χ1n) is 10.6. The molecule has 9 heteroatoms. The minimum atomic E-state index is -0.464. The Bertz CT molecular complexity index is 1400. The number of nitrogens with one attached hydrogen (secondary N) is 1. The largest absolute Gasteiger partial charge is 0.493 e. The number of azo groups is 2. The number of fused-ring (bicyclic) bond motifs is 1. The Balaban J connectivity index is 1.30. The maximum atomic E-state index is 12.4. The maximum absolute atomic E-state index is 12.4. The van der Waals surface area contributed by atoms with Crippen LogP contribution in [0.5, 0.6) is 5.88 Å². The average molecular weight is 469 g/mol. The predicted molar refractivity (Wildman–Crippen MR) is 133 cm³/mol. The van der Waals surface area contributed by atoms with Crippen molar-refractivity contribution >= 4 is 39.4 Å². The molecule has 34 heavy (non-hydrogen) atoms. The number of aromatic nitrogens is 1. The Morgan fingerprint density at radius 3 is 2.29 bits per heavy atom. The van der Waals surface area contributed by atoms with Crippen molar-refractivity contribution in [1.29, 1.82) is 0 Å². The highest BCUT2D eigenvalue weighted by molar-refractivity contribution is 8.14. The van der Waals surface area contributed by atoms with Gasteiger partial charge in [-0.15, -0.1) is 15.3 Å². The van der Waals surface area contributed by atoms with E-state index in [4.69, 9.17) is 4.99 Å². The molecule has 2 unspecified atom stereocenters. The van der Waals surface area contributed by atoms with E-state index in [1.54, 1.807) is 6.07 Å². The van der Waals surface area contributed by atoms with E-state index in [-0.39, 0.29) is 29.4 Å². The standard InChI is InChI=1S/C25H20N6O2S/c32-20(28-30-23-18-13-7-8-14-19(18)26-24(23)33)15-34-25-27-21(16-9-3-1-4-10-16)22(29-31-25)17-11-5-2-6-12-17/h1-14,21-22,26,33H,15H2. The molecule has 0 bridgehead atoms. The summed E-state index contributed by atoms with van der Waals surface area (Å²) in [5.74, 6) is -0.593. The van der Waals surface area contributed by atoms with Gasteiger partial charge in [0.2, 0.25) is 11.0 Å². The van der Waals surface area contributed by atoms with Crippen molar-refractivity contribution in [3.63, 3.8) is 0 Å². The molecule has 168 valence electrons.